The smallest absolute Gasteiger partial charge is 0.184 e. The molecule has 1 aliphatic rings. The number of aromatic nitrogens is 3. The quantitative estimate of drug-likeness (QED) is 0.559. The van der Waals surface area contributed by atoms with E-state index in [4.69, 9.17) is 10.7 Å². The van der Waals surface area contributed by atoms with Gasteiger partial charge in [-0.15, -0.1) is 0 Å². The predicted molar refractivity (Wildman–Crippen MR) is 110 cm³/mol. The molecule has 27 heavy (non-hydrogen) atoms. The first kappa shape index (κ1) is 15.8. The van der Waals surface area contributed by atoms with Gasteiger partial charge in [0.1, 0.15) is 5.82 Å². The van der Waals surface area contributed by atoms with E-state index in [2.05, 4.69) is 59.6 Å². The van der Waals surface area contributed by atoms with E-state index >= 15 is 0 Å². The normalized spacial score (nSPS) is 13.0. The van der Waals surface area contributed by atoms with Crippen molar-refractivity contribution < 1.29 is 0 Å². The Balaban J connectivity index is 1.87. The van der Waals surface area contributed by atoms with Gasteiger partial charge >= 0.3 is 0 Å². The number of nitrogen functional groups attached to an aromatic ring is 1. The van der Waals surface area contributed by atoms with E-state index in [1.54, 1.807) is 0 Å². The van der Waals surface area contributed by atoms with Crippen LogP contribution in [-0.4, -0.2) is 15.2 Å². The maximum Gasteiger partial charge on any atom is 0.184 e. The van der Waals surface area contributed by atoms with Crippen molar-refractivity contribution in [2.75, 3.05) is 5.73 Å². The Morgan fingerprint density at radius 1 is 1.04 bits per heavy atom. The van der Waals surface area contributed by atoms with Crippen LogP contribution in [0.5, 0.6) is 0 Å². The molecule has 0 aliphatic heterocycles. The molecule has 2 heterocycles. The Morgan fingerprint density at radius 3 is 2.63 bits per heavy atom. The minimum atomic E-state index is 0.576. The van der Waals surface area contributed by atoms with E-state index in [0.717, 1.165) is 35.0 Å². The Morgan fingerprint density at radius 2 is 1.81 bits per heavy atom. The lowest BCUT2D eigenvalue weighted by atomic mass is 9.89. The Hall–Kier alpha value is -3.40. The summed E-state index contributed by atoms with van der Waals surface area (Å²) in [4.78, 5) is 4.88. The van der Waals surface area contributed by atoms with Gasteiger partial charge in [-0.25, -0.2) is 4.98 Å². The van der Waals surface area contributed by atoms with E-state index in [-0.39, 0.29) is 0 Å². The second-order valence-corrected chi connectivity index (χ2v) is 6.85. The molecule has 4 nitrogen and oxygen atoms in total. The van der Waals surface area contributed by atoms with Gasteiger partial charge in [0.25, 0.3) is 0 Å². The number of fused-ring (bicyclic) bond motifs is 2. The average molecular weight is 352 g/mol. The number of hydrogen-bond donors (Lipinski definition) is 2. The van der Waals surface area contributed by atoms with Gasteiger partial charge in [-0.2, -0.15) is 5.10 Å². The number of nitrogens with two attached hydrogens (primary N) is 1. The van der Waals surface area contributed by atoms with Crippen LogP contribution in [0.25, 0.3) is 27.9 Å². The largest absolute Gasteiger partial charge is 0.383 e. The summed E-state index contributed by atoms with van der Waals surface area (Å²) in [6, 6.07) is 18.9. The van der Waals surface area contributed by atoms with Crippen molar-refractivity contribution in [1.29, 1.82) is 0 Å². The van der Waals surface area contributed by atoms with Crippen LogP contribution in [0.4, 0.5) is 5.82 Å². The predicted octanol–water partition coefficient (Wildman–Crippen LogP) is 4.76. The zero-order chi connectivity index (χ0) is 18.4. The lowest BCUT2D eigenvalue weighted by Gasteiger charge is -2.17. The maximum atomic E-state index is 6.29. The third-order valence-corrected chi connectivity index (χ3v) is 5.33. The van der Waals surface area contributed by atoms with E-state index in [1.807, 2.05) is 18.2 Å². The third kappa shape index (κ3) is 2.37. The number of rotatable bonds is 3. The molecule has 0 saturated heterocycles. The van der Waals surface area contributed by atoms with E-state index < -0.39 is 0 Å². The van der Waals surface area contributed by atoms with Crippen LogP contribution in [-0.2, 0) is 12.8 Å². The summed E-state index contributed by atoms with van der Waals surface area (Å²) in [6.45, 7) is 2.18. The van der Waals surface area contributed by atoms with Crippen LogP contribution in [0.2, 0.25) is 0 Å². The molecule has 4 heteroatoms. The average Bonchev–Trinajstić information content (AvgIpc) is 3.31. The zero-order valence-corrected chi connectivity index (χ0v) is 15.2. The van der Waals surface area contributed by atoms with Gasteiger partial charge in [0.05, 0.1) is 11.1 Å². The third-order valence-electron chi connectivity index (χ3n) is 5.33. The fraction of sp³-hybridized carbons (Fsp3) is 0.130. The molecule has 2 aromatic carbocycles. The first-order valence-electron chi connectivity index (χ1n) is 9.28. The van der Waals surface area contributed by atoms with Crippen LogP contribution in [0, 0.1) is 0 Å². The van der Waals surface area contributed by atoms with Crippen LogP contribution in [0.15, 0.2) is 60.7 Å². The summed E-state index contributed by atoms with van der Waals surface area (Å²) in [6.07, 6.45) is 4.11. The van der Waals surface area contributed by atoms with Gasteiger partial charge in [-0.05, 0) is 35.1 Å². The molecule has 132 valence electrons. The molecule has 0 unspecified atom stereocenters. The number of aromatic amines is 1. The fourth-order valence-electron chi connectivity index (χ4n) is 4.11. The van der Waals surface area contributed by atoms with Gasteiger partial charge in [-0.3, -0.25) is 5.10 Å². The molecule has 1 aliphatic carbocycles. The molecule has 4 aromatic rings. The van der Waals surface area contributed by atoms with Crippen molar-refractivity contribution in [2.24, 2.45) is 0 Å². The van der Waals surface area contributed by atoms with Crippen molar-refractivity contribution in [3.63, 3.8) is 0 Å². The van der Waals surface area contributed by atoms with Gasteiger partial charge in [0.15, 0.2) is 5.65 Å². The monoisotopic (exact) mass is 352 g/mol. The van der Waals surface area contributed by atoms with Gasteiger partial charge < -0.3 is 5.73 Å². The molecule has 2 aromatic heterocycles. The number of benzene rings is 2. The van der Waals surface area contributed by atoms with E-state index in [9.17, 15) is 0 Å². The van der Waals surface area contributed by atoms with Crippen LogP contribution in [0.3, 0.4) is 0 Å². The van der Waals surface area contributed by atoms with Crippen molar-refractivity contribution in [1.82, 2.24) is 15.2 Å². The molecule has 3 N–H and O–H groups in total. The Kier molecular flexibility index (Phi) is 3.57. The minimum Gasteiger partial charge on any atom is -0.383 e. The molecule has 0 radical (unpaired) electrons. The molecule has 0 atom stereocenters. The van der Waals surface area contributed by atoms with Crippen molar-refractivity contribution in [2.45, 2.75) is 19.8 Å². The Bertz CT molecular complexity index is 1190. The molecule has 0 saturated carbocycles. The lowest BCUT2D eigenvalue weighted by molar-refractivity contribution is 1.09. The topological polar surface area (TPSA) is 67.6 Å². The van der Waals surface area contributed by atoms with E-state index in [0.29, 0.717) is 11.5 Å². The summed E-state index contributed by atoms with van der Waals surface area (Å²) in [5, 5.41) is 8.24. The van der Waals surface area contributed by atoms with Crippen molar-refractivity contribution in [3.05, 3.63) is 82.9 Å². The first-order valence-corrected chi connectivity index (χ1v) is 9.28. The first-order chi connectivity index (χ1) is 13.3. The highest BCUT2D eigenvalue weighted by Gasteiger charge is 2.25. The SMILES string of the molecule is CCc1c(-c2ccccc2)nc2n[nH]c(N)c2c1C1=CCc2ccccc21. The van der Waals surface area contributed by atoms with Crippen LogP contribution >= 0.6 is 0 Å². The molecule has 0 fully saturated rings. The number of hydrogen-bond acceptors (Lipinski definition) is 3. The maximum absolute atomic E-state index is 6.29. The number of pyridine rings is 1. The van der Waals surface area contributed by atoms with Gasteiger partial charge in [0, 0.05) is 11.1 Å². The number of nitrogens with zero attached hydrogens (tertiary/aromatic N) is 2. The number of nitrogens with one attached hydrogen (secondary N) is 1. The summed E-state index contributed by atoms with van der Waals surface area (Å²) in [5.41, 5.74) is 15.3. The fourth-order valence-corrected chi connectivity index (χ4v) is 4.11. The lowest BCUT2D eigenvalue weighted by Crippen LogP contribution is -2.02. The second-order valence-electron chi connectivity index (χ2n) is 6.85. The standard InChI is InChI=1S/C23H20N4/c1-2-16-19(18-13-12-14-8-6-7-11-17(14)18)20-22(24)26-27-23(20)25-21(16)15-9-4-3-5-10-15/h3-11,13H,2,12H2,1H3,(H3,24,25,26,27). The number of H-pyrrole nitrogens is 1. The molecular weight excluding hydrogens is 332 g/mol. The molecule has 0 amide bonds. The summed E-state index contributed by atoms with van der Waals surface area (Å²) < 4.78 is 0. The summed E-state index contributed by atoms with van der Waals surface area (Å²) in [5.74, 6) is 0.576. The van der Waals surface area contributed by atoms with Gasteiger partial charge in [-0.1, -0.05) is 67.6 Å². The van der Waals surface area contributed by atoms with Gasteiger partial charge in [0.2, 0.25) is 0 Å². The highest BCUT2D eigenvalue weighted by Crippen LogP contribution is 2.41. The highest BCUT2D eigenvalue weighted by atomic mass is 15.2. The molecule has 5 rings (SSSR count). The van der Waals surface area contributed by atoms with Crippen LogP contribution in [0.1, 0.15) is 29.2 Å². The molecular formula is C23H20N4. The molecule has 0 spiro atoms. The number of allylic oxidation sites excluding steroid dienone is 1. The Labute approximate surface area is 157 Å². The van der Waals surface area contributed by atoms with Crippen LogP contribution < -0.4 is 5.73 Å². The minimum absolute atomic E-state index is 0.576. The van der Waals surface area contributed by atoms with Crippen molar-refractivity contribution >= 4 is 22.4 Å². The van der Waals surface area contributed by atoms with E-state index in [1.165, 1.54) is 22.3 Å². The van der Waals surface area contributed by atoms with Crippen molar-refractivity contribution in [3.8, 4) is 11.3 Å². The zero-order valence-electron chi connectivity index (χ0n) is 15.2. The summed E-state index contributed by atoms with van der Waals surface area (Å²) >= 11 is 0. The highest BCUT2D eigenvalue weighted by molar-refractivity contribution is 6.04. The number of anilines is 1. The summed E-state index contributed by atoms with van der Waals surface area (Å²) in [7, 11) is 0. The second kappa shape index (κ2) is 6.09. The molecule has 0 bridgehead atoms.